The van der Waals surface area contributed by atoms with Crippen molar-refractivity contribution in [2.45, 2.75) is 90.3 Å². The minimum Gasteiger partial charge on any atom is -0.478 e. The van der Waals surface area contributed by atoms with E-state index in [0.717, 1.165) is 0 Å². The fourth-order valence-corrected chi connectivity index (χ4v) is 8.65. The van der Waals surface area contributed by atoms with Gasteiger partial charge in [-0.3, -0.25) is 4.79 Å². The van der Waals surface area contributed by atoms with E-state index in [-0.39, 0.29) is 30.5 Å². The number of carboxylic acid groups (broad SMARTS) is 1. The van der Waals surface area contributed by atoms with Gasteiger partial charge < -0.3 is 24.8 Å². The number of ether oxygens (including phenoxy) is 2. The van der Waals surface area contributed by atoms with Gasteiger partial charge in [-0.25, -0.2) is 9.59 Å². The van der Waals surface area contributed by atoms with E-state index in [4.69, 9.17) is 9.47 Å². The third-order valence-electron chi connectivity index (χ3n) is 10.5. The zero-order valence-electron chi connectivity index (χ0n) is 18.7. The fraction of sp³-hybridized carbons (Fsp3) is 0.870. The number of carboxylic acids is 1. The smallest absolute Gasteiger partial charge is 0.345 e. The summed E-state index contributed by atoms with van der Waals surface area (Å²) in [5.41, 5.74) is -4.69. The number of aliphatic hydroxyl groups excluding tert-OH is 2. The molecular weight excluding hydrogens is 404 g/mol. The van der Waals surface area contributed by atoms with Crippen molar-refractivity contribution in [2.24, 2.45) is 33.5 Å². The molecule has 0 radical (unpaired) electrons. The molecule has 31 heavy (non-hydrogen) atoms. The lowest BCUT2D eigenvalue weighted by atomic mass is 9.34. The number of rotatable bonds is 1. The van der Waals surface area contributed by atoms with Crippen molar-refractivity contribution in [3.05, 3.63) is 0 Å². The van der Waals surface area contributed by atoms with Crippen LogP contribution < -0.4 is 0 Å². The van der Waals surface area contributed by atoms with Gasteiger partial charge in [-0.1, -0.05) is 27.7 Å². The van der Waals surface area contributed by atoms with E-state index in [1.165, 1.54) is 0 Å². The topological polar surface area (TPSA) is 134 Å². The number of aliphatic carboxylic acids is 1. The summed E-state index contributed by atoms with van der Waals surface area (Å²) in [6.45, 7) is 9.45. The van der Waals surface area contributed by atoms with Crippen LogP contribution in [-0.4, -0.2) is 63.1 Å². The Bertz CT molecular complexity index is 898. The van der Waals surface area contributed by atoms with Crippen molar-refractivity contribution in [2.75, 3.05) is 0 Å². The van der Waals surface area contributed by atoms with Gasteiger partial charge in [-0.05, 0) is 37.0 Å². The quantitative estimate of drug-likeness (QED) is 0.414. The molecule has 2 heterocycles. The number of carbonyl (C=O) groups is 3. The normalized spacial score (nSPS) is 57.0. The Hall–Kier alpha value is -1.51. The summed E-state index contributed by atoms with van der Waals surface area (Å²) in [5.74, 6) is -2.60. The molecule has 3 N–H and O–H groups in total. The van der Waals surface area contributed by atoms with Crippen molar-refractivity contribution in [3.8, 4) is 0 Å². The number of aliphatic hydroxyl groups is 2. The van der Waals surface area contributed by atoms with Crippen LogP contribution in [0.2, 0.25) is 0 Å². The van der Waals surface area contributed by atoms with Crippen LogP contribution in [0.1, 0.15) is 60.3 Å². The molecule has 8 nitrogen and oxygen atoms in total. The summed E-state index contributed by atoms with van der Waals surface area (Å²) in [7, 11) is 0. The number of carbonyl (C=O) groups excluding carboxylic acids is 2. The first-order valence-electron chi connectivity index (χ1n) is 11.2. The number of epoxide rings is 1. The molecule has 2 aliphatic heterocycles. The molecule has 2 saturated heterocycles. The highest BCUT2D eigenvalue weighted by atomic mass is 16.7. The van der Waals surface area contributed by atoms with Crippen LogP contribution in [0.5, 0.6) is 0 Å². The Morgan fingerprint density at radius 1 is 1.03 bits per heavy atom. The molecule has 0 aromatic heterocycles. The second kappa shape index (κ2) is 5.69. The van der Waals surface area contributed by atoms with Gasteiger partial charge in [0, 0.05) is 23.7 Å². The minimum atomic E-state index is -1.38. The predicted octanol–water partition coefficient (Wildman–Crippen LogP) is 1.30. The molecule has 0 aromatic carbocycles. The van der Waals surface area contributed by atoms with Crippen LogP contribution in [0.15, 0.2) is 0 Å². The third kappa shape index (κ3) is 2.02. The van der Waals surface area contributed by atoms with Gasteiger partial charge in [0.15, 0.2) is 6.10 Å². The molecule has 10 atom stereocenters. The maximum atomic E-state index is 13.9. The second-order valence-electron chi connectivity index (χ2n) is 11.7. The van der Waals surface area contributed by atoms with Crippen LogP contribution in [0.3, 0.4) is 0 Å². The Labute approximate surface area is 181 Å². The van der Waals surface area contributed by atoms with E-state index in [1.54, 1.807) is 13.8 Å². The molecule has 0 amide bonds. The average Bonchev–Trinajstić information content (AvgIpc) is 3.44. The number of fused-ring (bicyclic) bond motifs is 3. The Kier molecular flexibility index (Phi) is 3.92. The van der Waals surface area contributed by atoms with Gasteiger partial charge in [0.05, 0.1) is 17.6 Å². The van der Waals surface area contributed by atoms with Gasteiger partial charge in [-0.2, -0.15) is 0 Å². The van der Waals surface area contributed by atoms with Crippen molar-refractivity contribution >= 4 is 17.7 Å². The summed E-state index contributed by atoms with van der Waals surface area (Å²) in [6.07, 6.45) is -2.63. The highest BCUT2D eigenvalue weighted by molar-refractivity contribution is 5.94. The van der Waals surface area contributed by atoms with E-state index in [9.17, 15) is 29.7 Å². The summed E-state index contributed by atoms with van der Waals surface area (Å²) >= 11 is 0. The molecular formula is C23H32O8. The van der Waals surface area contributed by atoms with E-state index in [2.05, 4.69) is 0 Å². The fourth-order valence-electron chi connectivity index (χ4n) is 8.65. The monoisotopic (exact) mass is 436 g/mol. The molecule has 8 heteroatoms. The lowest BCUT2D eigenvalue weighted by Crippen LogP contribution is -2.75. The standard InChI is InChI=1S/C23H32O8/c1-19(2)11-8-14(26)22(5)10(21(11,4)13(25)9-12(19)24)6-7-20(3)15(17(27)28)30-18(29)16-23(20,22)31-16/h10-13,15-16,24-25H,6-9H2,1-5H3,(H,27,28)/t10-,11-,12-,13+,15+,16-,20+,21-,22+,23-/m1/s1. The van der Waals surface area contributed by atoms with Gasteiger partial charge >= 0.3 is 11.9 Å². The van der Waals surface area contributed by atoms with Crippen molar-refractivity contribution in [1.82, 2.24) is 0 Å². The first kappa shape index (κ1) is 21.3. The molecule has 5 aliphatic rings. The zero-order valence-corrected chi connectivity index (χ0v) is 18.7. The second-order valence-corrected chi connectivity index (χ2v) is 11.7. The van der Waals surface area contributed by atoms with Gasteiger partial charge in [0.2, 0.25) is 6.10 Å². The maximum absolute atomic E-state index is 13.9. The lowest BCUT2D eigenvalue weighted by Gasteiger charge is -2.68. The molecule has 3 aliphatic carbocycles. The maximum Gasteiger partial charge on any atom is 0.345 e. The van der Waals surface area contributed by atoms with Crippen molar-refractivity contribution < 1.29 is 39.2 Å². The highest BCUT2D eigenvalue weighted by Gasteiger charge is 2.89. The highest BCUT2D eigenvalue weighted by Crippen LogP contribution is 2.77. The summed E-state index contributed by atoms with van der Waals surface area (Å²) < 4.78 is 11.3. The lowest BCUT2D eigenvalue weighted by molar-refractivity contribution is -0.253. The Morgan fingerprint density at radius 2 is 1.68 bits per heavy atom. The summed E-state index contributed by atoms with van der Waals surface area (Å²) in [5, 5.41) is 31.8. The SMILES string of the molecule is CC1(C)[C@H](O)C[C@H](O)[C@@]2(C)[C@@H]1CC(=O)[C@]1(C)[C@@H]2CC[C@@]2(C)[C@H](C(=O)O)OC(=O)[C@H]3O[C@]321. The Balaban J connectivity index is 1.69. The summed E-state index contributed by atoms with van der Waals surface area (Å²) in [6, 6.07) is 0. The van der Waals surface area contributed by atoms with E-state index in [0.29, 0.717) is 12.8 Å². The largest absolute Gasteiger partial charge is 0.478 e. The molecule has 172 valence electrons. The first-order chi connectivity index (χ1) is 14.2. The van der Waals surface area contributed by atoms with E-state index >= 15 is 0 Å². The number of hydrogen-bond donors (Lipinski definition) is 3. The van der Waals surface area contributed by atoms with Crippen LogP contribution >= 0.6 is 0 Å². The average molecular weight is 437 g/mol. The van der Waals surface area contributed by atoms with Gasteiger partial charge in [0.1, 0.15) is 11.4 Å². The first-order valence-corrected chi connectivity index (χ1v) is 11.2. The van der Waals surface area contributed by atoms with E-state index < -0.39 is 63.6 Å². The predicted molar refractivity (Wildman–Crippen MR) is 106 cm³/mol. The molecule has 0 bridgehead atoms. The number of Topliss-reactive ketones (excluding diaryl/α,β-unsaturated/α-hetero) is 1. The van der Waals surface area contributed by atoms with Crippen molar-refractivity contribution in [3.63, 3.8) is 0 Å². The van der Waals surface area contributed by atoms with E-state index in [1.807, 2.05) is 20.8 Å². The van der Waals surface area contributed by atoms with Crippen LogP contribution in [0, 0.1) is 33.5 Å². The van der Waals surface area contributed by atoms with Gasteiger partial charge in [-0.15, -0.1) is 0 Å². The molecule has 5 rings (SSSR count). The molecule has 5 fully saturated rings. The minimum absolute atomic E-state index is 0.0818. The number of esters is 1. The third-order valence-corrected chi connectivity index (χ3v) is 10.5. The molecule has 0 unspecified atom stereocenters. The molecule has 1 spiro atoms. The van der Waals surface area contributed by atoms with Crippen LogP contribution in [0.4, 0.5) is 0 Å². The number of hydrogen-bond acceptors (Lipinski definition) is 7. The van der Waals surface area contributed by atoms with Crippen molar-refractivity contribution in [1.29, 1.82) is 0 Å². The Morgan fingerprint density at radius 3 is 2.29 bits per heavy atom. The summed E-state index contributed by atoms with van der Waals surface area (Å²) in [4.78, 5) is 38.6. The number of ketones is 1. The molecule has 3 saturated carbocycles. The van der Waals surface area contributed by atoms with Crippen LogP contribution in [-0.2, 0) is 23.9 Å². The molecule has 0 aromatic rings. The zero-order chi connectivity index (χ0) is 22.9. The number of cyclic esters (lactones) is 1. The van der Waals surface area contributed by atoms with Gasteiger partial charge in [0.25, 0.3) is 0 Å². The van der Waals surface area contributed by atoms with Crippen LogP contribution in [0.25, 0.3) is 0 Å².